The Morgan fingerprint density at radius 2 is 1.85 bits per heavy atom. The summed E-state index contributed by atoms with van der Waals surface area (Å²) < 4.78 is 27.7. The lowest BCUT2D eigenvalue weighted by atomic mass is 9.61. The van der Waals surface area contributed by atoms with Gasteiger partial charge in [-0.3, -0.25) is 4.90 Å². The maximum Gasteiger partial charge on any atom is 0.308 e. The lowest BCUT2D eigenvalue weighted by Crippen LogP contribution is -2.58. The molecular weight excluding hydrogens is 360 g/mol. The molecule has 0 bridgehead atoms. The number of hydrogen-bond donors (Lipinski definition) is 0. The third-order valence-electron chi connectivity index (χ3n) is 6.16. The van der Waals surface area contributed by atoms with Crippen LogP contribution in [0.2, 0.25) is 0 Å². The summed E-state index contributed by atoms with van der Waals surface area (Å²) in [6, 6.07) is 11.0. The van der Waals surface area contributed by atoms with Crippen molar-refractivity contribution >= 4 is 10.2 Å². The summed E-state index contributed by atoms with van der Waals surface area (Å²) in [5.41, 5.74) is 1.66. The van der Waals surface area contributed by atoms with E-state index >= 15 is 0 Å². The summed E-state index contributed by atoms with van der Waals surface area (Å²) in [7, 11) is -0.452. The summed E-state index contributed by atoms with van der Waals surface area (Å²) in [5, 5.41) is 0. The first kappa shape index (κ1) is 18.7. The normalized spacial score (nSPS) is 22.9. The molecule has 1 saturated carbocycles. The van der Waals surface area contributed by atoms with Gasteiger partial charge in [0.2, 0.25) is 0 Å². The average Bonchev–Trinajstić information content (AvgIpc) is 3.12. The highest BCUT2D eigenvalue weighted by atomic mass is 32.2. The number of nitrogens with zero attached hydrogens (tertiary/aromatic N) is 4. The first-order chi connectivity index (χ1) is 12.9. The number of imidazole rings is 1. The molecule has 1 atom stereocenters. The van der Waals surface area contributed by atoms with Crippen LogP contribution in [0, 0.1) is 5.41 Å². The molecule has 0 radical (unpaired) electrons. The minimum Gasteiger partial charge on any atom is -0.288 e. The summed E-state index contributed by atoms with van der Waals surface area (Å²) in [6.07, 6.45) is 9.54. The van der Waals surface area contributed by atoms with E-state index in [1.807, 2.05) is 0 Å². The minimum atomic E-state index is -3.55. The first-order valence-electron chi connectivity index (χ1n) is 9.68. The fraction of sp³-hybridized carbons (Fsp3) is 0.550. The molecule has 7 heteroatoms. The molecule has 27 heavy (non-hydrogen) atoms. The van der Waals surface area contributed by atoms with Crippen molar-refractivity contribution in [2.75, 3.05) is 20.6 Å². The van der Waals surface area contributed by atoms with Crippen molar-refractivity contribution in [3.63, 3.8) is 0 Å². The maximum atomic E-state index is 12.6. The Hall–Kier alpha value is -1.70. The minimum absolute atomic E-state index is 0.331. The van der Waals surface area contributed by atoms with E-state index in [1.165, 1.54) is 45.9 Å². The van der Waals surface area contributed by atoms with Gasteiger partial charge in [-0.15, -0.1) is 0 Å². The second-order valence-electron chi connectivity index (χ2n) is 8.07. The highest BCUT2D eigenvalue weighted by molar-refractivity contribution is 7.87. The van der Waals surface area contributed by atoms with Crippen LogP contribution in [-0.2, 0) is 16.8 Å². The molecular formula is C20H28N4O2S. The largest absolute Gasteiger partial charge is 0.308 e. The van der Waals surface area contributed by atoms with Crippen LogP contribution >= 0.6 is 0 Å². The zero-order chi connectivity index (χ0) is 19.1. The lowest BCUT2D eigenvalue weighted by Gasteiger charge is -2.59. The van der Waals surface area contributed by atoms with Crippen LogP contribution in [-0.4, -0.2) is 47.2 Å². The fourth-order valence-corrected chi connectivity index (χ4v) is 5.82. The smallest absolute Gasteiger partial charge is 0.288 e. The van der Waals surface area contributed by atoms with E-state index in [0.29, 0.717) is 23.8 Å². The Kier molecular flexibility index (Phi) is 4.86. The van der Waals surface area contributed by atoms with Gasteiger partial charge < -0.3 is 0 Å². The Balaban J connectivity index is 1.62. The average molecular weight is 389 g/mol. The van der Waals surface area contributed by atoms with Gasteiger partial charge in [0.25, 0.3) is 0 Å². The highest BCUT2D eigenvalue weighted by Crippen LogP contribution is 2.57. The van der Waals surface area contributed by atoms with Crippen LogP contribution in [0.25, 0.3) is 0 Å². The molecule has 6 nitrogen and oxygen atoms in total. The van der Waals surface area contributed by atoms with E-state index < -0.39 is 10.2 Å². The molecule has 0 N–H and O–H groups in total. The molecule has 1 spiro atoms. The molecule has 2 aromatic rings. The predicted molar refractivity (Wildman–Crippen MR) is 105 cm³/mol. The van der Waals surface area contributed by atoms with Crippen LogP contribution in [0.4, 0.5) is 0 Å². The van der Waals surface area contributed by atoms with Gasteiger partial charge in [-0.05, 0) is 18.4 Å². The molecule has 1 aromatic heterocycles. The number of rotatable bonds is 5. The van der Waals surface area contributed by atoms with Gasteiger partial charge >= 0.3 is 10.2 Å². The predicted octanol–water partition coefficient (Wildman–Crippen LogP) is 3.05. The third-order valence-corrected chi connectivity index (χ3v) is 7.91. The van der Waals surface area contributed by atoms with Gasteiger partial charge in [0.1, 0.15) is 5.82 Å². The van der Waals surface area contributed by atoms with Crippen LogP contribution < -0.4 is 0 Å². The third kappa shape index (κ3) is 3.22. The standard InChI is InChI=1S/C20H28N4O2S/c1-22(2)27(25,26)24-14-13-21-18(24)15-23-16-20(11-7-4-8-12-20)19(23)17-9-5-3-6-10-17/h3,5-6,9-10,13-14,19H,4,7-8,11-12,15-16H2,1-2H3/t19-/m0/s1. The molecule has 0 amide bonds. The zero-order valence-corrected chi connectivity index (χ0v) is 16.9. The molecule has 4 rings (SSSR count). The first-order valence-corrected chi connectivity index (χ1v) is 11.1. The zero-order valence-electron chi connectivity index (χ0n) is 16.1. The quantitative estimate of drug-likeness (QED) is 0.790. The number of aromatic nitrogens is 2. The van der Waals surface area contributed by atoms with Crippen molar-refractivity contribution in [2.45, 2.75) is 44.7 Å². The van der Waals surface area contributed by atoms with Gasteiger partial charge in [0, 0.05) is 44.5 Å². The van der Waals surface area contributed by atoms with Crippen LogP contribution in [0.1, 0.15) is 49.5 Å². The Labute approximate surface area is 162 Å². The monoisotopic (exact) mass is 388 g/mol. The van der Waals surface area contributed by atoms with E-state index in [0.717, 1.165) is 6.54 Å². The van der Waals surface area contributed by atoms with Gasteiger partial charge in [-0.25, -0.2) is 8.96 Å². The Bertz CT molecular complexity index is 886. The number of benzene rings is 1. The number of likely N-dealkylation sites (tertiary alicyclic amines) is 1. The highest BCUT2D eigenvalue weighted by Gasteiger charge is 2.53. The molecule has 1 aromatic carbocycles. The van der Waals surface area contributed by atoms with E-state index in [2.05, 4.69) is 40.2 Å². The van der Waals surface area contributed by atoms with Crippen molar-refractivity contribution < 1.29 is 8.42 Å². The lowest BCUT2D eigenvalue weighted by molar-refractivity contribution is -0.107. The van der Waals surface area contributed by atoms with Crippen molar-refractivity contribution in [3.8, 4) is 0 Å². The summed E-state index contributed by atoms with van der Waals surface area (Å²) in [4.78, 5) is 6.76. The van der Waals surface area contributed by atoms with E-state index in [1.54, 1.807) is 26.5 Å². The number of hydrogen-bond acceptors (Lipinski definition) is 4. The van der Waals surface area contributed by atoms with Crippen LogP contribution in [0.3, 0.4) is 0 Å². The van der Waals surface area contributed by atoms with E-state index in [-0.39, 0.29) is 0 Å². The maximum absolute atomic E-state index is 12.6. The Morgan fingerprint density at radius 3 is 2.52 bits per heavy atom. The van der Waals surface area contributed by atoms with Crippen LogP contribution in [0.15, 0.2) is 42.7 Å². The van der Waals surface area contributed by atoms with Crippen molar-refractivity contribution in [3.05, 3.63) is 54.1 Å². The van der Waals surface area contributed by atoms with Gasteiger partial charge in [-0.2, -0.15) is 12.7 Å². The van der Waals surface area contributed by atoms with Gasteiger partial charge in [0.15, 0.2) is 0 Å². The SMILES string of the molecule is CN(C)S(=O)(=O)n1ccnc1CN1CC2(CCCCC2)[C@@H]1c1ccccc1. The molecule has 2 aliphatic rings. The molecule has 1 aliphatic heterocycles. The Morgan fingerprint density at radius 1 is 1.15 bits per heavy atom. The second kappa shape index (κ2) is 7.04. The van der Waals surface area contributed by atoms with Crippen molar-refractivity contribution in [2.24, 2.45) is 5.41 Å². The molecule has 0 unspecified atom stereocenters. The second-order valence-corrected chi connectivity index (χ2v) is 10.1. The van der Waals surface area contributed by atoms with E-state index in [4.69, 9.17) is 0 Å². The van der Waals surface area contributed by atoms with E-state index in [9.17, 15) is 8.42 Å². The van der Waals surface area contributed by atoms with Crippen molar-refractivity contribution in [1.82, 2.24) is 18.2 Å². The fourth-order valence-electron chi connectivity index (χ4n) is 4.89. The molecule has 1 aliphatic carbocycles. The van der Waals surface area contributed by atoms with Crippen LogP contribution in [0.5, 0.6) is 0 Å². The molecule has 1 saturated heterocycles. The molecule has 2 heterocycles. The van der Waals surface area contributed by atoms with Crippen molar-refractivity contribution in [1.29, 1.82) is 0 Å². The molecule has 146 valence electrons. The summed E-state index contributed by atoms with van der Waals surface area (Å²) in [6.45, 7) is 1.56. The molecule has 2 fully saturated rings. The van der Waals surface area contributed by atoms with Gasteiger partial charge in [0.05, 0.1) is 6.54 Å². The topological polar surface area (TPSA) is 58.4 Å². The van der Waals surface area contributed by atoms with Gasteiger partial charge in [-0.1, -0.05) is 49.6 Å². The summed E-state index contributed by atoms with van der Waals surface area (Å²) in [5.74, 6) is 0.579. The summed E-state index contributed by atoms with van der Waals surface area (Å²) >= 11 is 0.